The van der Waals surface area contributed by atoms with Gasteiger partial charge in [0.1, 0.15) is 11.6 Å². The maximum Gasteiger partial charge on any atom is 0.278 e. The van der Waals surface area contributed by atoms with E-state index < -0.39 is 4.92 Å². The van der Waals surface area contributed by atoms with Crippen molar-refractivity contribution in [2.24, 2.45) is 0 Å². The standard InChI is InChI=1S/C14H16N4O3/c1-3-6-15-13-7-11(18(19)20)8-14(17-13)21-12-5-4-10(2)16-9-12/h4-5,7-9H,3,6H2,1-2H3,(H,15,17). The van der Waals surface area contributed by atoms with E-state index in [0.717, 1.165) is 12.1 Å². The molecule has 0 saturated heterocycles. The molecule has 0 aliphatic rings. The van der Waals surface area contributed by atoms with Crippen molar-refractivity contribution in [3.63, 3.8) is 0 Å². The molecule has 0 aliphatic carbocycles. The molecule has 0 radical (unpaired) electrons. The highest BCUT2D eigenvalue weighted by molar-refractivity contribution is 5.49. The number of nitrogens with zero attached hydrogens (tertiary/aromatic N) is 3. The molecule has 21 heavy (non-hydrogen) atoms. The maximum atomic E-state index is 11.0. The number of hydrogen-bond acceptors (Lipinski definition) is 6. The van der Waals surface area contributed by atoms with Gasteiger partial charge in [0.25, 0.3) is 5.69 Å². The van der Waals surface area contributed by atoms with Gasteiger partial charge in [-0.1, -0.05) is 6.92 Å². The summed E-state index contributed by atoms with van der Waals surface area (Å²) in [5.74, 6) is 1.06. The van der Waals surface area contributed by atoms with Crippen LogP contribution in [0.25, 0.3) is 0 Å². The van der Waals surface area contributed by atoms with Crippen LogP contribution >= 0.6 is 0 Å². The van der Waals surface area contributed by atoms with E-state index in [-0.39, 0.29) is 11.6 Å². The summed E-state index contributed by atoms with van der Waals surface area (Å²) in [6, 6.07) is 6.21. The number of ether oxygens (including phenoxy) is 1. The van der Waals surface area contributed by atoms with Gasteiger partial charge in [-0.3, -0.25) is 15.1 Å². The van der Waals surface area contributed by atoms with Crippen LogP contribution in [-0.4, -0.2) is 21.4 Å². The topological polar surface area (TPSA) is 90.2 Å². The van der Waals surface area contributed by atoms with Gasteiger partial charge in [0.05, 0.1) is 23.3 Å². The van der Waals surface area contributed by atoms with Crippen LogP contribution in [0.2, 0.25) is 0 Å². The SMILES string of the molecule is CCCNc1cc([N+](=O)[O-])cc(Oc2ccc(C)nc2)n1. The second-order valence-electron chi connectivity index (χ2n) is 4.47. The fourth-order valence-electron chi connectivity index (χ4n) is 1.63. The minimum absolute atomic E-state index is 0.0707. The Bertz CT molecular complexity index is 629. The van der Waals surface area contributed by atoms with E-state index in [0.29, 0.717) is 18.1 Å². The number of anilines is 1. The molecule has 0 unspecified atom stereocenters. The zero-order valence-corrected chi connectivity index (χ0v) is 11.9. The lowest BCUT2D eigenvalue weighted by atomic mass is 10.3. The number of pyridine rings is 2. The first-order valence-corrected chi connectivity index (χ1v) is 6.59. The van der Waals surface area contributed by atoms with E-state index >= 15 is 0 Å². The molecule has 2 rings (SSSR count). The van der Waals surface area contributed by atoms with Gasteiger partial charge in [-0.2, -0.15) is 4.98 Å². The Morgan fingerprint density at radius 1 is 1.38 bits per heavy atom. The Morgan fingerprint density at radius 2 is 2.19 bits per heavy atom. The summed E-state index contributed by atoms with van der Waals surface area (Å²) >= 11 is 0. The zero-order valence-electron chi connectivity index (χ0n) is 11.9. The van der Waals surface area contributed by atoms with Crippen molar-refractivity contribution in [2.45, 2.75) is 20.3 Å². The highest BCUT2D eigenvalue weighted by Crippen LogP contribution is 2.26. The smallest absolute Gasteiger partial charge is 0.278 e. The third-order valence-corrected chi connectivity index (χ3v) is 2.66. The molecule has 0 saturated carbocycles. The van der Waals surface area contributed by atoms with E-state index in [1.807, 2.05) is 13.8 Å². The van der Waals surface area contributed by atoms with Crippen LogP contribution in [0, 0.1) is 17.0 Å². The fourth-order valence-corrected chi connectivity index (χ4v) is 1.63. The number of hydrogen-bond donors (Lipinski definition) is 1. The third kappa shape index (κ3) is 4.13. The van der Waals surface area contributed by atoms with Gasteiger partial charge in [-0.25, -0.2) is 0 Å². The van der Waals surface area contributed by atoms with Gasteiger partial charge in [0.15, 0.2) is 0 Å². The molecule has 0 spiro atoms. The Hall–Kier alpha value is -2.70. The molecule has 0 bridgehead atoms. The first-order chi connectivity index (χ1) is 10.1. The van der Waals surface area contributed by atoms with Gasteiger partial charge in [-0.15, -0.1) is 0 Å². The lowest BCUT2D eigenvalue weighted by molar-refractivity contribution is -0.384. The van der Waals surface area contributed by atoms with E-state index in [4.69, 9.17) is 4.74 Å². The predicted molar refractivity (Wildman–Crippen MR) is 78.7 cm³/mol. The quantitative estimate of drug-likeness (QED) is 0.647. The number of rotatable bonds is 6. The first-order valence-electron chi connectivity index (χ1n) is 6.59. The Morgan fingerprint density at radius 3 is 2.81 bits per heavy atom. The summed E-state index contributed by atoms with van der Waals surface area (Å²) < 4.78 is 5.53. The molecule has 2 aromatic heterocycles. The minimum atomic E-state index is -0.473. The molecule has 7 heteroatoms. The minimum Gasteiger partial charge on any atom is -0.437 e. The molecule has 2 aromatic rings. The Labute approximate surface area is 122 Å². The van der Waals surface area contributed by atoms with E-state index in [1.54, 1.807) is 18.3 Å². The summed E-state index contributed by atoms with van der Waals surface area (Å²) in [4.78, 5) is 18.8. The monoisotopic (exact) mass is 288 g/mol. The molecular formula is C14H16N4O3. The first kappa shape index (κ1) is 14.7. The molecule has 0 atom stereocenters. The zero-order chi connectivity index (χ0) is 15.2. The van der Waals surface area contributed by atoms with E-state index in [1.165, 1.54) is 12.1 Å². The van der Waals surface area contributed by atoms with Gasteiger partial charge in [-0.05, 0) is 25.5 Å². The highest BCUT2D eigenvalue weighted by Gasteiger charge is 2.12. The molecule has 0 fully saturated rings. The summed E-state index contributed by atoms with van der Waals surface area (Å²) in [5, 5.41) is 14.0. The van der Waals surface area contributed by atoms with Crippen molar-refractivity contribution in [3.05, 3.63) is 46.3 Å². The Kier molecular flexibility index (Phi) is 4.65. The van der Waals surface area contributed by atoms with Gasteiger partial charge in [0.2, 0.25) is 5.88 Å². The van der Waals surface area contributed by atoms with Gasteiger partial charge < -0.3 is 10.1 Å². The van der Waals surface area contributed by atoms with Crippen LogP contribution in [0.4, 0.5) is 11.5 Å². The van der Waals surface area contributed by atoms with Crippen molar-refractivity contribution < 1.29 is 9.66 Å². The van der Waals surface area contributed by atoms with Crippen LogP contribution in [0.1, 0.15) is 19.0 Å². The molecule has 1 N–H and O–H groups in total. The fraction of sp³-hybridized carbons (Fsp3) is 0.286. The normalized spacial score (nSPS) is 10.2. The summed E-state index contributed by atoms with van der Waals surface area (Å²) in [6.45, 7) is 4.54. The summed E-state index contributed by atoms with van der Waals surface area (Å²) in [7, 11) is 0. The molecule has 0 amide bonds. The number of nitro groups is 1. The van der Waals surface area contributed by atoms with Crippen LogP contribution in [0.15, 0.2) is 30.5 Å². The van der Waals surface area contributed by atoms with Crippen molar-refractivity contribution in [1.29, 1.82) is 0 Å². The molecule has 2 heterocycles. The van der Waals surface area contributed by atoms with Crippen molar-refractivity contribution >= 4 is 11.5 Å². The lowest BCUT2D eigenvalue weighted by Crippen LogP contribution is -2.03. The number of aromatic nitrogens is 2. The average Bonchev–Trinajstić information content (AvgIpc) is 2.47. The van der Waals surface area contributed by atoms with Crippen molar-refractivity contribution in [1.82, 2.24) is 9.97 Å². The van der Waals surface area contributed by atoms with Crippen LogP contribution in [0.5, 0.6) is 11.6 Å². The lowest BCUT2D eigenvalue weighted by Gasteiger charge is -2.08. The average molecular weight is 288 g/mol. The maximum absolute atomic E-state index is 11.0. The van der Waals surface area contributed by atoms with Crippen LogP contribution in [-0.2, 0) is 0 Å². The second-order valence-corrected chi connectivity index (χ2v) is 4.47. The highest BCUT2D eigenvalue weighted by atomic mass is 16.6. The Balaban J connectivity index is 2.26. The van der Waals surface area contributed by atoms with Gasteiger partial charge in [0, 0.05) is 12.2 Å². The molecule has 7 nitrogen and oxygen atoms in total. The largest absolute Gasteiger partial charge is 0.437 e. The van der Waals surface area contributed by atoms with Crippen LogP contribution < -0.4 is 10.1 Å². The second kappa shape index (κ2) is 6.65. The van der Waals surface area contributed by atoms with Crippen molar-refractivity contribution in [3.8, 4) is 11.6 Å². The van der Waals surface area contributed by atoms with Crippen molar-refractivity contribution in [2.75, 3.05) is 11.9 Å². The molecule has 0 aliphatic heterocycles. The molecule has 0 aromatic carbocycles. The number of nitrogens with one attached hydrogen (secondary N) is 1. The van der Waals surface area contributed by atoms with E-state index in [9.17, 15) is 10.1 Å². The summed E-state index contributed by atoms with van der Waals surface area (Å²) in [6.07, 6.45) is 2.44. The van der Waals surface area contributed by atoms with Crippen LogP contribution in [0.3, 0.4) is 0 Å². The third-order valence-electron chi connectivity index (χ3n) is 2.66. The van der Waals surface area contributed by atoms with Gasteiger partial charge >= 0.3 is 0 Å². The van der Waals surface area contributed by atoms with E-state index in [2.05, 4.69) is 15.3 Å². The summed E-state index contributed by atoms with van der Waals surface area (Å²) in [5.41, 5.74) is 0.790. The molecule has 110 valence electrons. The molecular weight excluding hydrogens is 272 g/mol. The predicted octanol–water partition coefficient (Wildman–Crippen LogP) is 3.31. The number of aryl methyl sites for hydroxylation is 1.